The lowest BCUT2D eigenvalue weighted by Crippen LogP contribution is -2.05. The van der Waals surface area contributed by atoms with Crippen LogP contribution in [0.2, 0.25) is 0 Å². The van der Waals surface area contributed by atoms with Gasteiger partial charge in [0.15, 0.2) is 0 Å². The van der Waals surface area contributed by atoms with Crippen LogP contribution >= 0.6 is 15.9 Å². The maximum Gasteiger partial charge on any atom is 0.354 e. The Morgan fingerprint density at radius 1 is 1.67 bits per heavy atom. The third kappa shape index (κ3) is 2.27. The largest absolute Gasteiger partial charge is 0.477 e. The van der Waals surface area contributed by atoms with Gasteiger partial charge in [-0.05, 0) is 22.0 Å². The topological polar surface area (TPSA) is 74.0 Å². The molecule has 0 saturated carbocycles. The number of aromatic carboxylic acids is 1. The van der Waals surface area contributed by atoms with E-state index in [1.165, 1.54) is 0 Å². The summed E-state index contributed by atoms with van der Waals surface area (Å²) in [6, 6.07) is 2.53. The van der Waals surface area contributed by atoms with E-state index in [1.54, 1.807) is 6.07 Å². The van der Waals surface area contributed by atoms with E-state index in [2.05, 4.69) is 20.9 Å². The second-order valence-corrected chi connectivity index (χ2v) is 3.26. The number of nitriles is 1. The first-order valence-corrected chi connectivity index (χ1v) is 4.38. The van der Waals surface area contributed by atoms with E-state index in [0.29, 0.717) is 0 Å². The lowest BCUT2D eigenvalue weighted by atomic mass is 10.2. The normalized spacial score (nSPS) is 10.1. The fraction of sp³-hybridized carbons (Fsp3) is 0.125. The van der Waals surface area contributed by atoms with Crippen molar-refractivity contribution in [3.05, 3.63) is 27.5 Å². The summed E-state index contributed by atoms with van der Waals surface area (Å²) in [6.07, 6.45) is -2.94. The van der Waals surface area contributed by atoms with Gasteiger partial charge in [0.05, 0.1) is 10.0 Å². The summed E-state index contributed by atoms with van der Waals surface area (Å²) in [7, 11) is 0. The van der Waals surface area contributed by atoms with Crippen LogP contribution in [0.4, 0.5) is 8.78 Å². The Balaban J connectivity index is 3.47. The quantitative estimate of drug-likeness (QED) is 0.900. The fourth-order valence-electron chi connectivity index (χ4n) is 0.885. The molecule has 1 aromatic heterocycles. The molecule has 0 radical (unpaired) electrons. The molecular formula is C8H3BrF2N2O2. The molecule has 0 saturated heterocycles. The minimum atomic E-state index is -2.94. The highest BCUT2D eigenvalue weighted by Gasteiger charge is 2.20. The lowest BCUT2D eigenvalue weighted by molar-refractivity contribution is 0.0688. The van der Waals surface area contributed by atoms with Crippen molar-refractivity contribution in [2.24, 2.45) is 0 Å². The molecule has 0 aliphatic carbocycles. The van der Waals surface area contributed by atoms with Gasteiger partial charge in [0.2, 0.25) is 0 Å². The van der Waals surface area contributed by atoms with Gasteiger partial charge in [-0.15, -0.1) is 0 Å². The van der Waals surface area contributed by atoms with E-state index >= 15 is 0 Å². The molecule has 1 heterocycles. The Kier molecular flexibility index (Phi) is 3.31. The number of nitrogens with zero attached hydrogens (tertiary/aromatic N) is 2. The van der Waals surface area contributed by atoms with E-state index in [1.807, 2.05) is 0 Å². The van der Waals surface area contributed by atoms with Crippen molar-refractivity contribution in [2.45, 2.75) is 6.43 Å². The van der Waals surface area contributed by atoms with Gasteiger partial charge in [0.1, 0.15) is 17.5 Å². The van der Waals surface area contributed by atoms with Crippen molar-refractivity contribution in [1.82, 2.24) is 4.98 Å². The highest BCUT2D eigenvalue weighted by Crippen LogP contribution is 2.28. The number of carbonyl (C=O) groups is 1. The SMILES string of the molecule is N#Cc1cc(C(=O)O)nc(C(F)F)c1Br. The molecule has 0 amide bonds. The molecule has 0 unspecified atom stereocenters. The number of hydrogen-bond donors (Lipinski definition) is 1. The van der Waals surface area contributed by atoms with Gasteiger partial charge in [-0.2, -0.15) is 5.26 Å². The van der Waals surface area contributed by atoms with Crippen LogP contribution in [-0.2, 0) is 0 Å². The maximum atomic E-state index is 12.4. The van der Waals surface area contributed by atoms with Crippen LogP contribution in [0.15, 0.2) is 10.5 Å². The summed E-state index contributed by atoms with van der Waals surface area (Å²) in [4.78, 5) is 13.8. The Morgan fingerprint density at radius 2 is 2.27 bits per heavy atom. The molecule has 1 rings (SSSR count). The van der Waals surface area contributed by atoms with E-state index in [4.69, 9.17) is 10.4 Å². The van der Waals surface area contributed by atoms with Gasteiger partial charge in [-0.25, -0.2) is 18.6 Å². The predicted molar refractivity (Wildman–Crippen MR) is 48.6 cm³/mol. The van der Waals surface area contributed by atoms with E-state index < -0.39 is 23.8 Å². The van der Waals surface area contributed by atoms with Gasteiger partial charge in [-0.1, -0.05) is 0 Å². The van der Waals surface area contributed by atoms with Crippen molar-refractivity contribution >= 4 is 21.9 Å². The number of carboxylic acids is 1. The number of alkyl halides is 2. The number of hydrogen-bond acceptors (Lipinski definition) is 3. The summed E-state index contributed by atoms with van der Waals surface area (Å²) in [5, 5.41) is 17.2. The first kappa shape index (κ1) is 11.5. The minimum Gasteiger partial charge on any atom is -0.477 e. The summed E-state index contributed by atoms with van der Waals surface area (Å²) >= 11 is 2.77. The predicted octanol–water partition coefficient (Wildman–Crippen LogP) is 2.35. The minimum absolute atomic E-state index is 0.176. The third-order valence-corrected chi connectivity index (χ3v) is 2.36. The van der Waals surface area contributed by atoms with Crippen LogP contribution in [0.5, 0.6) is 0 Å². The molecule has 1 aromatic rings. The number of carboxylic acid groups (broad SMARTS) is 1. The van der Waals surface area contributed by atoms with Crippen LogP contribution in [0.3, 0.4) is 0 Å². The van der Waals surface area contributed by atoms with Gasteiger partial charge in [0, 0.05) is 0 Å². The van der Waals surface area contributed by atoms with Gasteiger partial charge in [0.25, 0.3) is 6.43 Å². The molecule has 15 heavy (non-hydrogen) atoms. The Bertz CT molecular complexity index is 457. The molecule has 0 bridgehead atoms. The molecule has 0 aliphatic heterocycles. The monoisotopic (exact) mass is 276 g/mol. The van der Waals surface area contributed by atoms with Gasteiger partial charge in [-0.3, -0.25) is 0 Å². The molecular weight excluding hydrogens is 274 g/mol. The van der Waals surface area contributed by atoms with E-state index in [-0.39, 0.29) is 10.0 Å². The van der Waals surface area contributed by atoms with Crippen molar-refractivity contribution in [1.29, 1.82) is 5.26 Å². The van der Waals surface area contributed by atoms with Crippen LogP contribution in [0.25, 0.3) is 0 Å². The first-order chi connectivity index (χ1) is 6.97. The standard InChI is InChI=1S/C8H3BrF2N2O2/c9-5-3(2-12)1-4(8(14)15)13-6(5)7(10)11/h1,7H,(H,14,15). The van der Waals surface area contributed by atoms with Gasteiger partial charge >= 0.3 is 5.97 Å². The molecule has 0 aromatic carbocycles. The zero-order valence-corrected chi connectivity index (χ0v) is 8.62. The molecule has 7 heteroatoms. The molecule has 0 aliphatic rings. The summed E-state index contributed by atoms with van der Waals surface area (Å²) in [5.41, 5.74) is -1.51. The van der Waals surface area contributed by atoms with Crippen molar-refractivity contribution in [3.8, 4) is 6.07 Å². The Morgan fingerprint density at radius 3 is 2.67 bits per heavy atom. The average molecular weight is 277 g/mol. The molecule has 0 fully saturated rings. The summed E-state index contributed by atoms with van der Waals surface area (Å²) in [5.74, 6) is -1.46. The summed E-state index contributed by atoms with van der Waals surface area (Å²) in [6.45, 7) is 0. The second kappa shape index (κ2) is 4.31. The van der Waals surface area contributed by atoms with Crippen LogP contribution in [-0.4, -0.2) is 16.1 Å². The Hall–Kier alpha value is -1.55. The first-order valence-electron chi connectivity index (χ1n) is 3.59. The van der Waals surface area contributed by atoms with Crippen LogP contribution < -0.4 is 0 Å². The lowest BCUT2D eigenvalue weighted by Gasteiger charge is -2.05. The van der Waals surface area contributed by atoms with Crippen LogP contribution in [0.1, 0.15) is 28.2 Å². The highest BCUT2D eigenvalue weighted by atomic mass is 79.9. The smallest absolute Gasteiger partial charge is 0.354 e. The van der Waals surface area contributed by atoms with Crippen LogP contribution in [0, 0.1) is 11.3 Å². The number of pyridine rings is 1. The van der Waals surface area contributed by atoms with Gasteiger partial charge < -0.3 is 5.11 Å². The second-order valence-electron chi connectivity index (χ2n) is 2.47. The van der Waals surface area contributed by atoms with E-state index in [0.717, 1.165) is 6.07 Å². The fourth-order valence-corrected chi connectivity index (χ4v) is 1.35. The summed E-state index contributed by atoms with van der Waals surface area (Å²) < 4.78 is 24.6. The Labute approximate surface area is 91.3 Å². The van der Waals surface area contributed by atoms with Crippen molar-refractivity contribution in [2.75, 3.05) is 0 Å². The molecule has 0 atom stereocenters. The molecule has 4 nitrogen and oxygen atoms in total. The molecule has 0 spiro atoms. The van der Waals surface area contributed by atoms with Crippen molar-refractivity contribution < 1.29 is 18.7 Å². The zero-order valence-electron chi connectivity index (χ0n) is 7.04. The zero-order chi connectivity index (χ0) is 11.6. The molecule has 1 N–H and O–H groups in total. The molecule has 78 valence electrons. The number of aromatic nitrogens is 1. The average Bonchev–Trinajstić information content (AvgIpc) is 2.17. The maximum absolute atomic E-state index is 12.4. The van der Waals surface area contributed by atoms with E-state index in [9.17, 15) is 13.6 Å². The number of halogens is 3. The highest BCUT2D eigenvalue weighted by molar-refractivity contribution is 9.10. The number of rotatable bonds is 2. The van der Waals surface area contributed by atoms with Crippen molar-refractivity contribution in [3.63, 3.8) is 0 Å². The third-order valence-electron chi connectivity index (χ3n) is 1.53.